The lowest BCUT2D eigenvalue weighted by Gasteiger charge is -2.07. The highest BCUT2D eigenvalue weighted by atomic mass is 16.5. The summed E-state index contributed by atoms with van der Waals surface area (Å²) in [5.41, 5.74) is 2.63. The highest BCUT2D eigenvalue weighted by molar-refractivity contribution is 5.96. The van der Waals surface area contributed by atoms with Crippen molar-refractivity contribution in [2.75, 3.05) is 13.7 Å². The second-order valence-electron chi connectivity index (χ2n) is 4.71. The second kappa shape index (κ2) is 6.28. The Morgan fingerprint density at radius 2 is 2.15 bits per heavy atom. The lowest BCUT2D eigenvalue weighted by Crippen LogP contribution is -2.26. The largest absolute Gasteiger partial charge is 0.497 e. The quantitative estimate of drug-likeness (QED) is 0.911. The molecule has 1 aromatic heterocycles. The topological polar surface area (TPSA) is 51.5 Å². The predicted molar refractivity (Wildman–Crippen MR) is 77.2 cm³/mol. The normalized spacial score (nSPS) is 10.3. The molecule has 0 bridgehead atoms. The first-order valence-corrected chi connectivity index (χ1v) is 6.57. The van der Waals surface area contributed by atoms with Gasteiger partial charge in [0.1, 0.15) is 11.5 Å². The predicted octanol–water partition coefficient (Wildman–Crippen LogP) is 2.88. The Morgan fingerprint density at radius 3 is 2.80 bits per heavy atom. The van der Waals surface area contributed by atoms with Crippen LogP contribution in [0.4, 0.5) is 0 Å². The minimum absolute atomic E-state index is 0.0864. The molecule has 106 valence electrons. The van der Waals surface area contributed by atoms with E-state index in [1.165, 1.54) is 0 Å². The van der Waals surface area contributed by atoms with Gasteiger partial charge in [0.05, 0.1) is 18.9 Å². The number of ether oxygens (including phenoxy) is 1. The van der Waals surface area contributed by atoms with E-state index in [2.05, 4.69) is 5.32 Å². The van der Waals surface area contributed by atoms with Crippen LogP contribution in [0.15, 0.2) is 34.9 Å². The zero-order valence-electron chi connectivity index (χ0n) is 12.0. The third-order valence-corrected chi connectivity index (χ3v) is 3.22. The van der Waals surface area contributed by atoms with Crippen LogP contribution in [0.5, 0.6) is 5.75 Å². The van der Waals surface area contributed by atoms with Crippen molar-refractivity contribution in [3.63, 3.8) is 0 Å². The van der Waals surface area contributed by atoms with Gasteiger partial charge in [-0.1, -0.05) is 12.1 Å². The van der Waals surface area contributed by atoms with Crippen LogP contribution >= 0.6 is 0 Å². The summed E-state index contributed by atoms with van der Waals surface area (Å²) >= 11 is 0. The summed E-state index contributed by atoms with van der Waals surface area (Å²) in [7, 11) is 1.64. The molecule has 0 saturated heterocycles. The van der Waals surface area contributed by atoms with Gasteiger partial charge in [-0.25, -0.2) is 0 Å². The Kier molecular flexibility index (Phi) is 4.45. The zero-order valence-corrected chi connectivity index (χ0v) is 12.0. The van der Waals surface area contributed by atoms with E-state index in [4.69, 9.17) is 9.15 Å². The molecule has 4 nitrogen and oxygen atoms in total. The lowest BCUT2D eigenvalue weighted by atomic mass is 10.1. The molecule has 1 heterocycles. The summed E-state index contributed by atoms with van der Waals surface area (Å²) in [6.45, 7) is 4.24. The van der Waals surface area contributed by atoms with Crippen molar-refractivity contribution in [3.05, 3.63) is 53.0 Å². The molecule has 1 amide bonds. The van der Waals surface area contributed by atoms with E-state index < -0.39 is 0 Å². The highest BCUT2D eigenvalue weighted by Crippen LogP contribution is 2.15. The molecule has 1 aromatic carbocycles. The Bertz CT molecular complexity index is 582. The number of aryl methyl sites for hydroxylation is 2. The first-order chi connectivity index (χ1) is 9.61. The van der Waals surface area contributed by atoms with E-state index >= 15 is 0 Å². The fourth-order valence-corrected chi connectivity index (χ4v) is 2.15. The van der Waals surface area contributed by atoms with Gasteiger partial charge in [0.2, 0.25) is 0 Å². The number of furan rings is 1. The summed E-state index contributed by atoms with van der Waals surface area (Å²) in [6.07, 6.45) is 2.37. The summed E-state index contributed by atoms with van der Waals surface area (Å²) in [6, 6.07) is 7.84. The molecule has 0 atom stereocenters. The van der Waals surface area contributed by atoms with E-state index in [1.807, 2.05) is 31.2 Å². The fourth-order valence-electron chi connectivity index (χ4n) is 2.15. The number of nitrogens with one attached hydrogen (secondary N) is 1. The maximum Gasteiger partial charge on any atom is 0.255 e. The number of hydrogen-bond acceptors (Lipinski definition) is 3. The SMILES string of the molecule is COc1cccc(CCNC(=O)c2c(C)coc2C)c1. The number of carbonyl (C=O) groups excluding carboxylic acids is 1. The first-order valence-electron chi connectivity index (χ1n) is 6.57. The van der Waals surface area contributed by atoms with Crippen LogP contribution in [0, 0.1) is 13.8 Å². The fraction of sp³-hybridized carbons (Fsp3) is 0.312. The molecular weight excluding hydrogens is 254 g/mol. The van der Waals surface area contributed by atoms with Crippen molar-refractivity contribution in [2.45, 2.75) is 20.3 Å². The molecular formula is C16H19NO3. The molecule has 0 unspecified atom stereocenters. The van der Waals surface area contributed by atoms with Crippen molar-refractivity contribution in [3.8, 4) is 5.75 Å². The number of amides is 1. The molecule has 0 aliphatic carbocycles. The summed E-state index contributed by atoms with van der Waals surface area (Å²) in [5.74, 6) is 1.40. The Hall–Kier alpha value is -2.23. The van der Waals surface area contributed by atoms with Crippen molar-refractivity contribution in [1.29, 1.82) is 0 Å². The van der Waals surface area contributed by atoms with Gasteiger partial charge in [-0.2, -0.15) is 0 Å². The molecule has 2 rings (SSSR count). The molecule has 20 heavy (non-hydrogen) atoms. The van der Waals surface area contributed by atoms with Gasteiger partial charge < -0.3 is 14.5 Å². The maximum absolute atomic E-state index is 12.1. The van der Waals surface area contributed by atoms with Gasteiger partial charge in [0.15, 0.2) is 0 Å². The summed E-state index contributed by atoms with van der Waals surface area (Å²) < 4.78 is 10.4. The molecule has 0 aliphatic rings. The number of carbonyl (C=O) groups is 1. The molecule has 0 fully saturated rings. The van der Waals surface area contributed by atoms with Crippen LogP contribution in [-0.2, 0) is 6.42 Å². The third kappa shape index (κ3) is 3.20. The van der Waals surface area contributed by atoms with Crippen molar-refractivity contribution < 1.29 is 13.9 Å². The molecule has 0 aliphatic heterocycles. The Balaban J connectivity index is 1.91. The van der Waals surface area contributed by atoms with Crippen LogP contribution in [0.25, 0.3) is 0 Å². The van der Waals surface area contributed by atoms with Crippen molar-refractivity contribution in [1.82, 2.24) is 5.32 Å². The number of benzene rings is 1. The van der Waals surface area contributed by atoms with Crippen LogP contribution in [0.3, 0.4) is 0 Å². The van der Waals surface area contributed by atoms with E-state index in [1.54, 1.807) is 20.3 Å². The summed E-state index contributed by atoms with van der Waals surface area (Å²) in [4.78, 5) is 12.1. The van der Waals surface area contributed by atoms with Gasteiger partial charge in [0.25, 0.3) is 5.91 Å². The minimum Gasteiger partial charge on any atom is -0.497 e. The number of methoxy groups -OCH3 is 1. The third-order valence-electron chi connectivity index (χ3n) is 3.22. The van der Waals surface area contributed by atoms with E-state index in [-0.39, 0.29) is 5.91 Å². The zero-order chi connectivity index (χ0) is 14.5. The van der Waals surface area contributed by atoms with Gasteiger partial charge in [0, 0.05) is 12.1 Å². The van der Waals surface area contributed by atoms with Gasteiger partial charge in [-0.05, 0) is 38.0 Å². The van der Waals surface area contributed by atoms with Crippen molar-refractivity contribution in [2.24, 2.45) is 0 Å². The van der Waals surface area contributed by atoms with Gasteiger partial charge in [-0.15, -0.1) is 0 Å². The molecule has 0 spiro atoms. The standard InChI is InChI=1S/C16H19NO3/c1-11-10-20-12(2)15(11)16(18)17-8-7-13-5-4-6-14(9-13)19-3/h4-6,9-10H,7-8H2,1-3H3,(H,17,18). The van der Waals surface area contributed by atoms with Gasteiger partial charge in [-0.3, -0.25) is 4.79 Å². The average Bonchev–Trinajstić information content (AvgIpc) is 2.78. The number of rotatable bonds is 5. The molecule has 1 N–H and O–H groups in total. The first kappa shape index (κ1) is 14.2. The Morgan fingerprint density at radius 1 is 1.35 bits per heavy atom. The van der Waals surface area contributed by atoms with Crippen molar-refractivity contribution >= 4 is 5.91 Å². The second-order valence-corrected chi connectivity index (χ2v) is 4.71. The number of hydrogen-bond donors (Lipinski definition) is 1. The maximum atomic E-state index is 12.1. The van der Waals surface area contributed by atoms with Crippen LogP contribution in [0.1, 0.15) is 27.2 Å². The van der Waals surface area contributed by atoms with Crippen LogP contribution in [-0.4, -0.2) is 19.6 Å². The van der Waals surface area contributed by atoms with Crippen LogP contribution in [0.2, 0.25) is 0 Å². The minimum atomic E-state index is -0.0864. The van der Waals surface area contributed by atoms with Gasteiger partial charge >= 0.3 is 0 Å². The summed E-state index contributed by atoms with van der Waals surface area (Å²) in [5, 5.41) is 2.91. The lowest BCUT2D eigenvalue weighted by molar-refractivity contribution is 0.0952. The average molecular weight is 273 g/mol. The highest BCUT2D eigenvalue weighted by Gasteiger charge is 2.14. The van der Waals surface area contributed by atoms with E-state index in [0.717, 1.165) is 23.3 Å². The monoisotopic (exact) mass is 273 g/mol. The molecule has 0 radical (unpaired) electrons. The van der Waals surface area contributed by atoms with E-state index in [0.29, 0.717) is 17.9 Å². The Labute approximate surface area is 118 Å². The molecule has 4 heteroatoms. The van der Waals surface area contributed by atoms with E-state index in [9.17, 15) is 4.79 Å². The van der Waals surface area contributed by atoms with Crippen LogP contribution < -0.4 is 10.1 Å². The molecule has 2 aromatic rings. The molecule has 0 saturated carbocycles. The smallest absolute Gasteiger partial charge is 0.255 e.